The number of hydrogen-bond acceptors (Lipinski definition) is 5. The standard InChI is InChI=1S/C12H13N3OS2.2ClH/c16-11(14-6-8-4-13-5-8)9-7-18-12(15-9)10-2-1-3-17-10;;/h1-3,7-8,13H,4-6H2,(H,14,16);2*1H. The SMILES string of the molecule is Cl.Cl.O=C(NCC1CNC1)c1csc(-c2cccs2)n1. The molecule has 2 N–H and O–H groups in total. The van der Waals surface area contributed by atoms with Crippen LogP contribution in [0.3, 0.4) is 0 Å². The third-order valence-electron chi connectivity index (χ3n) is 2.89. The lowest BCUT2D eigenvalue weighted by Gasteiger charge is -2.26. The summed E-state index contributed by atoms with van der Waals surface area (Å²) in [6.07, 6.45) is 0. The molecule has 0 saturated carbocycles. The summed E-state index contributed by atoms with van der Waals surface area (Å²) in [6.45, 7) is 2.73. The van der Waals surface area contributed by atoms with Crippen molar-refractivity contribution in [2.45, 2.75) is 0 Å². The first-order valence-corrected chi connectivity index (χ1v) is 7.57. The van der Waals surface area contributed by atoms with Gasteiger partial charge in [0.15, 0.2) is 0 Å². The van der Waals surface area contributed by atoms with E-state index in [1.807, 2.05) is 22.9 Å². The number of thiophene rings is 1. The van der Waals surface area contributed by atoms with Gasteiger partial charge in [-0.25, -0.2) is 4.98 Å². The maximum Gasteiger partial charge on any atom is 0.270 e. The van der Waals surface area contributed by atoms with Gasteiger partial charge in [-0.1, -0.05) is 6.07 Å². The number of nitrogens with one attached hydrogen (secondary N) is 2. The van der Waals surface area contributed by atoms with E-state index in [1.54, 1.807) is 11.3 Å². The predicted molar refractivity (Wildman–Crippen MR) is 88.6 cm³/mol. The summed E-state index contributed by atoms with van der Waals surface area (Å²) in [4.78, 5) is 17.4. The molecule has 0 radical (unpaired) electrons. The lowest BCUT2D eigenvalue weighted by atomic mass is 10.0. The first-order valence-electron chi connectivity index (χ1n) is 5.81. The highest BCUT2D eigenvalue weighted by atomic mass is 35.5. The second-order valence-electron chi connectivity index (χ2n) is 4.25. The van der Waals surface area contributed by atoms with Crippen LogP contribution in [-0.2, 0) is 0 Å². The molecule has 0 bridgehead atoms. The highest BCUT2D eigenvalue weighted by Gasteiger charge is 2.18. The molecular formula is C12H15Cl2N3OS2. The minimum Gasteiger partial charge on any atom is -0.350 e. The van der Waals surface area contributed by atoms with Gasteiger partial charge in [0, 0.05) is 30.9 Å². The van der Waals surface area contributed by atoms with Gasteiger partial charge in [-0.3, -0.25) is 4.79 Å². The summed E-state index contributed by atoms with van der Waals surface area (Å²) in [5.74, 6) is 0.505. The number of carbonyl (C=O) groups excluding carboxylic acids is 1. The first kappa shape index (κ1) is 17.4. The Morgan fingerprint density at radius 3 is 2.80 bits per heavy atom. The quantitative estimate of drug-likeness (QED) is 0.890. The zero-order valence-electron chi connectivity index (χ0n) is 10.5. The van der Waals surface area contributed by atoms with Crippen molar-refractivity contribution in [2.75, 3.05) is 19.6 Å². The molecule has 8 heteroatoms. The van der Waals surface area contributed by atoms with Crippen LogP contribution >= 0.6 is 47.5 Å². The Kier molecular flexibility index (Phi) is 6.91. The van der Waals surface area contributed by atoms with Crippen LogP contribution in [0.4, 0.5) is 0 Å². The molecule has 0 spiro atoms. The maximum atomic E-state index is 11.9. The molecule has 1 fully saturated rings. The molecule has 20 heavy (non-hydrogen) atoms. The van der Waals surface area contributed by atoms with Gasteiger partial charge in [0.05, 0.1) is 4.88 Å². The second kappa shape index (κ2) is 7.95. The molecule has 3 heterocycles. The van der Waals surface area contributed by atoms with Crippen molar-refractivity contribution in [3.8, 4) is 9.88 Å². The second-order valence-corrected chi connectivity index (χ2v) is 6.06. The zero-order chi connectivity index (χ0) is 12.4. The summed E-state index contributed by atoms with van der Waals surface area (Å²) >= 11 is 3.16. The Morgan fingerprint density at radius 1 is 1.40 bits per heavy atom. The average molecular weight is 352 g/mol. The van der Waals surface area contributed by atoms with E-state index in [-0.39, 0.29) is 30.7 Å². The smallest absolute Gasteiger partial charge is 0.270 e. The van der Waals surface area contributed by atoms with Crippen LogP contribution in [0.5, 0.6) is 0 Å². The van der Waals surface area contributed by atoms with E-state index in [1.165, 1.54) is 11.3 Å². The fourth-order valence-corrected chi connectivity index (χ4v) is 3.33. The molecule has 3 rings (SSSR count). The number of hydrogen-bond donors (Lipinski definition) is 2. The van der Waals surface area contributed by atoms with E-state index in [0.717, 1.165) is 29.5 Å². The molecule has 2 aromatic heterocycles. The lowest BCUT2D eigenvalue weighted by molar-refractivity contribution is 0.0938. The normalized spacial score (nSPS) is 13.8. The minimum atomic E-state index is -0.0686. The topological polar surface area (TPSA) is 54.0 Å². The molecule has 0 aliphatic carbocycles. The van der Waals surface area contributed by atoms with Crippen molar-refractivity contribution in [3.63, 3.8) is 0 Å². The van der Waals surface area contributed by atoms with E-state index in [0.29, 0.717) is 11.6 Å². The number of carbonyl (C=O) groups is 1. The number of thiazole rings is 1. The third-order valence-corrected chi connectivity index (χ3v) is 4.77. The van der Waals surface area contributed by atoms with Gasteiger partial charge < -0.3 is 10.6 Å². The van der Waals surface area contributed by atoms with Gasteiger partial charge in [-0.05, 0) is 11.4 Å². The molecule has 1 aliphatic rings. The lowest BCUT2D eigenvalue weighted by Crippen LogP contribution is -2.48. The van der Waals surface area contributed by atoms with Crippen LogP contribution in [0.2, 0.25) is 0 Å². The fourth-order valence-electron chi connectivity index (χ4n) is 1.71. The van der Waals surface area contributed by atoms with Gasteiger partial charge in [0.25, 0.3) is 5.91 Å². The van der Waals surface area contributed by atoms with E-state index in [9.17, 15) is 4.79 Å². The van der Waals surface area contributed by atoms with Crippen LogP contribution in [-0.4, -0.2) is 30.5 Å². The van der Waals surface area contributed by atoms with Crippen LogP contribution in [0, 0.1) is 5.92 Å². The Labute approximate surface area is 137 Å². The monoisotopic (exact) mass is 351 g/mol. The van der Waals surface area contributed by atoms with Crippen molar-refractivity contribution >= 4 is 53.4 Å². The van der Waals surface area contributed by atoms with Crippen molar-refractivity contribution in [1.82, 2.24) is 15.6 Å². The summed E-state index contributed by atoms with van der Waals surface area (Å²) < 4.78 is 0. The summed E-state index contributed by atoms with van der Waals surface area (Å²) in [5.41, 5.74) is 0.524. The summed E-state index contributed by atoms with van der Waals surface area (Å²) in [7, 11) is 0. The van der Waals surface area contributed by atoms with Gasteiger partial charge in [0.2, 0.25) is 0 Å². The average Bonchev–Trinajstić information content (AvgIpc) is 2.97. The third kappa shape index (κ3) is 3.93. The Morgan fingerprint density at radius 2 is 2.20 bits per heavy atom. The number of halogens is 2. The largest absolute Gasteiger partial charge is 0.350 e. The van der Waals surface area contributed by atoms with Crippen LogP contribution in [0.1, 0.15) is 10.5 Å². The first-order chi connectivity index (χ1) is 8.83. The van der Waals surface area contributed by atoms with Crippen molar-refractivity contribution in [1.29, 1.82) is 0 Å². The molecule has 0 aromatic carbocycles. The highest BCUT2D eigenvalue weighted by molar-refractivity contribution is 7.20. The van der Waals surface area contributed by atoms with Crippen molar-refractivity contribution in [3.05, 3.63) is 28.6 Å². The Bertz CT molecular complexity index is 541. The van der Waals surface area contributed by atoms with Crippen molar-refractivity contribution in [2.24, 2.45) is 5.92 Å². The minimum absolute atomic E-state index is 0. The zero-order valence-corrected chi connectivity index (χ0v) is 13.8. The molecule has 0 unspecified atom stereocenters. The van der Waals surface area contributed by atoms with E-state index in [2.05, 4.69) is 15.6 Å². The van der Waals surface area contributed by atoms with Crippen molar-refractivity contribution < 1.29 is 4.79 Å². The molecule has 0 atom stereocenters. The van der Waals surface area contributed by atoms with E-state index < -0.39 is 0 Å². The fraction of sp³-hybridized carbons (Fsp3) is 0.333. The molecule has 110 valence electrons. The van der Waals surface area contributed by atoms with E-state index >= 15 is 0 Å². The number of rotatable bonds is 4. The van der Waals surface area contributed by atoms with Gasteiger partial charge in [-0.15, -0.1) is 47.5 Å². The Hall–Kier alpha value is -0.660. The summed E-state index contributed by atoms with van der Waals surface area (Å²) in [6, 6.07) is 4.01. The molecular weight excluding hydrogens is 337 g/mol. The van der Waals surface area contributed by atoms with Crippen LogP contribution in [0.25, 0.3) is 9.88 Å². The predicted octanol–water partition coefficient (Wildman–Crippen LogP) is 2.66. The van der Waals surface area contributed by atoms with Gasteiger partial charge in [-0.2, -0.15) is 0 Å². The van der Waals surface area contributed by atoms with Crippen LogP contribution < -0.4 is 10.6 Å². The maximum absolute atomic E-state index is 11.9. The van der Waals surface area contributed by atoms with Gasteiger partial charge >= 0.3 is 0 Å². The molecule has 1 amide bonds. The molecule has 1 saturated heterocycles. The molecule has 1 aliphatic heterocycles. The Balaban J connectivity index is 0.000001000. The summed E-state index contributed by atoms with van der Waals surface area (Å²) in [5, 5.41) is 10.9. The van der Waals surface area contributed by atoms with Gasteiger partial charge in [0.1, 0.15) is 10.7 Å². The van der Waals surface area contributed by atoms with Crippen LogP contribution in [0.15, 0.2) is 22.9 Å². The number of nitrogens with zero attached hydrogens (tertiary/aromatic N) is 1. The number of amides is 1. The molecule has 2 aromatic rings. The highest BCUT2D eigenvalue weighted by Crippen LogP contribution is 2.27. The molecule has 4 nitrogen and oxygen atoms in total. The van der Waals surface area contributed by atoms with E-state index in [4.69, 9.17) is 0 Å². The number of aromatic nitrogens is 1.